The van der Waals surface area contributed by atoms with Gasteiger partial charge in [0, 0.05) is 38.8 Å². The van der Waals surface area contributed by atoms with Crippen molar-refractivity contribution in [2.75, 3.05) is 32.7 Å². The normalized spacial score (nSPS) is 18.2. The maximum Gasteiger partial charge on any atom is 0.416 e. The van der Waals surface area contributed by atoms with E-state index in [0.717, 1.165) is 56.3 Å². The van der Waals surface area contributed by atoms with Crippen molar-refractivity contribution in [2.45, 2.75) is 32.5 Å². The number of rotatable bonds is 5. The molecule has 0 radical (unpaired) electrons. The van der Waals surface area contributed by atoms with Crippen molar-refractivity contribution < 1.29 is 17.7 Å². The SMILES string of the molecule is Cc1cc(CN2CCN(C[C@H](C)c3ccc(C(F)(F)F)cc3)CC2)on1. The average molecular weight is 367 g/mol. The zero-order valence-electron chi connectivity index (χ0n) is 15.1. The molecule has 7 heteroatoms. The highest BCUT2D eigenvalue weighted by atomic mass is 19.4. The van der Waals surface area contributed by atoms with Gasteiger partial charge in [0.05, 0.1) is 17.8 Å². The van der Waals surface area contributed by atoms with Gasteiger partial charge in [-0.05, 0) is 30.5 Å². The molecule has 4 nitrogen and oxygen atoms in total. The van der Waals surface area contributed by atoms with E-state index in [1.54, 1.807) is 12.1 Å². The number of aryl methyl sites for hydroxylation is 1. The van der Waals surface area contributed by atoms with Crippen LogP contribution < -0.4 is 0 Å². The van der Waals surface area contributed by atoms with Crippen molar-refractivity contribution in [2.24, 2.45) is 0 Å². The highest BCUT2D eigenvalue weighted by Gasteiger charge is 2.30. The second-order valence-corrected chi connectivity index (χ2v) is 7.03. The average Bonchev–Trinajstić information content (AvgIpc) is 3.01. The maximum absolute atomic E-state index is 12.7. The van der Waals surface area contributed by atoms with Gasteiger partial charge < -0.3 is 9.42 Å². The van der Waals surface area contributed by atoms with Crippen LogP contribution in [0.25, 0.3) is 0 Å². The lowest BCUT2D eigenvalue weighted by molar-refractivity contribution is -0.137. The molecule has 0 amide bonds. The lowest BCUT2D eigenvalue weighted by Gasteiger charge is -2.35. The molecule has 1 aliphatic rings. The van der Waals surface area contributed by atoms with Gasteiger partial charge in [0.2, 0.25) is 0 Å². The molecular weight excluding hydrogens is 343 g/mol. The van der Waals surface area contributed by atoms with Crippen molar-refractivity contribution in [1.82, 2.24) is 15.0 Å². The van der Waals surface area contributed by atoms with Crippen molar-refractivity contribution in [3.63, 3.8) is 0 Å². The molecule has 1 saturated heterocycles. The number of benzene rings is 1. The third-order valence-corrected chi connectivity index (χ3v) is 4.86. The number of piperazine rings is 1. The zero-order valence-corrected chi connectivity index (χ0v) is 15.1. The maximum atomic E-state index is 12.7. The van der Waals surface area contributed by atoms with Crippen LogP contribution in [-0.2, 0) is 12.7 Å². The summed E-state index contributed by atoms with van der Waals surface area (Å²) in [5.74, 6) is 1.08. The van der Waals surface area contributed by atoms with Gasteiger partial charge >= 0.3 is 6.18 Å². The molecule has 0 unspecified atom stereocenters. The first kappa shape index (κ1) is 18.9. The Labute approximate surface area is 151 Å². The highest BCUT2D eigenvalue weighted by Crippen LogP contribution is 2.30. The van der Waals surface area contributed by atoms with Gasteiger partial charge in [-0.15, -0.1) is 0 Å². The molecule has 0 bridgehead atoms. The first-order chi connectivity index (χ1) is 12.3. The number of halogens is 3. The van der Waals surface area contributed by atoms with E-state index in [1.165, 1.54) is 12.1 Å². The molecule has 1 aromatic heterocycles. The van der Waals surface area contributed by atoms with Crippen molar-refractivity contribution in [1.29, 1.82) is 0 Å². The third kappa shape index (κ3) is 4.86. The molecule has 1 aliphatic heterocycles. The van der Waals surface area contributed by atoms with Crippen LogP contribution in [0.15, 0.2) is 34.9 Å². The molecule has 0 spiro atoms. The van der Waals surface area contributed by atoms with Crippen LogP contribution in [0.3, 0.4) is 0 Å². The van der Waals surface area contributed by atoms with Crippen molar-refractivity contribution in [3.05, 3.63) is 52.9 Å². The molecule has 1 fully saturated rings. The summed E-state index contributed by atoms with van der Waals surface area (Å²) in [5.41, 5.74) is 1.24. The molecule has 26 heavy (non-hydrogen) atoms. The predicted molar refractivity (Wildman–Crippen MR) is 92.8 cm³/mol. The molecule has 0 saturated carbocycles. The number of hydrogen-bond acceptors (Lipinski definition) is 4. The molecule has 3 rings (SSSR count). The Morgan fingerprint density at radius 3 is 2.23 bits per heavy atom. The topological polar surface area (TPSA) is 32.5 Å². The van der Waals surface area contributed by atoms with E-state index in [1.807, 2.05) is 13.0 Å². The Balaban J connectivity index is 1.48. The van der Waals surface area contributed by atoms with Gasteiger partial charge in [-0.25, -0.2) is 0 Å². The summed E-state index contributed by atoms with van der Waals surface area (Å²) in [6.45, 7) is 9.36. The second-order valence-electron chi connectivity index (χ2n) is 7.03. The summed E-state index contributed by atoms with van der Waals surface area (Å²) in [5, 5.41) is 3.91. The highest BCUT2D eigenvalue weighted by molar-refractivity contribution is 5.27. The summed E-state index contributed by atoms with van der Waals surface area (Å²) in [4.78, 5) is 4.70. The van der Waals surface area contributed by atoms with Crippen LogP contribution in [0.4, 0.5) is 13.2 Å². The molecule has 2 heterocycles. The Hall–Kier alpha value is -1.86. The van der Waals surface area contributed by atoms with Gasteiger partial charge in [0.25, 0.3) is 0 Å². The van der Waals surface area contributed by atoms with Crippen LogP contribution in [0.2, 0.25) is 0 Å². The van der Waals surface area contributed by atoms with Crippen molar-refractivity contribution >= 4 is 0 Å². The summed E-state index contributed by atoms with van der Waals surface area (Å²) < 4.78 is 43.3. The molecule has 0 N–H and O–H groups in total. The van der Waals surface area contributed by atoms with Crippen molar-refractivity contribution in [3.8, 4) is 0 Å². The molecule has 1 aromatic carbocycles. The van der Waals surface area contributed by atoms with E-state index < -0.39 is 11.7 Å². The van der Waals surface area contributed by atoms with E-state index in [-0.39, 0.29) is 5.92 Å². The zero-order chi connectivity index (χ0) is 18.7. The van der Waals surface area contributed by atoms with Crippen LogP contribution in [0.1, 0.15) is 35.4 Å². The Bertz CT molecular complexity index is 704. The van der Waals surface area contributed by atoms with Gasteiger partial charge in [0.1, 0.15) is 0 Å². The van der Waals surface area contributed by atoms with Gasteiger partial charge in [-0.2, -0.15) is 13.2 Å². The van der Waals surface area contributed by atoms with Gasteiger partial charge in [0.15, 0.2) is 5.76 Å². The fourth-order valence-electron chi connectivity index (χ4n) is 3.33. The lowest BCUT2D eigenvalue weighted by atomic mass is 9.99. The standard InChI is InChI=1S/C19H24F3N3O/c1-14(16-3-5-17(6-4-16)19(20,21)22)12-24-7-9-25(10-8-24)13-18-11-15(2)23-26-18/h3-6,11,14H,7-10,12-13H2,1-2H3/t14-/m0/s1. The van der Waals surface area contributed by atoms with Gasteiger partial charge in [-0.3, -0.25) is 4.90 Å². The Morgan fingerprint density at radius 2 is 1.69 bits per heavy atom. The minimum atomic E-state index is -4.28. The number of nitrogens with zero attached hydrogens (tertiary/aromatic N) is 3. The quantitative estimate of drug-likeness (QED) is 0.802. The Morgan fingerprint density at radius 1 is 1.08 bits per heavy atom. The lowest BCUT2D eigenvalue weighted by Crippen LogP contribution is -2.46. The molecule has 0 aliphatic carbocycles. The van der Waals surface area contributed by atoms with Gasteiger partial charge in [-0.1, -0.05) is 24.2 Å². The monoisotopic (exact) mass is 367 g/mol. The van der Waals surface area contributed by atoms with E-state index >= 15 is 0 Å². The predicted octanol–water partition coefficient (Wildman–Crippen LogP) is 3.92. The summed E-state index contributed by atoms with van der Waals surface area (Å²) in [7, 11) is 0. The smallest absolute Gasteiger partial charge is 0.360 e. The van der Waals surface area contributed by atoms with E-state index in [0.29, 0.717) is 0 Å². The molecule has 2 aromatic rings. The van der Waals surface area contributed by atoms with E-state index in [2.05, 4.69) is 21.9 Å². The van der Waals surface area contributed by atoms with Crippen LogP contribution >= 0.6 is 0 Å². The summed E-state index contributed by atoms with van der Waals surface area (Å²) >= 11 is 0. The molecular formula is C19H24F3N3O. The van der Waals surface area contributed by atoms with E-state index in [4.69, 9.17) is 4.52 Å². The number of hydrogen-bond donors (Lipinski definition) is 0. The number of aromatic nitrogens is 1. The second kappa shape index (κ2) is 7.80. The van der Waals surface area contributed by atoms with Crippen LogP contribution in [0, 0.1) is 6.92 Å². The largest absolute Gasteiger partial charge is 0.416 e. The van der Waals surface area contributed by atoms with E-state index in [9.17, 15) is 13.2 Å². The molecule has 1 atom stereocenters. The Kier molecular flexibility index (Phi) is 5.67. The van der Waals surface area contributed by atoms with Crippen LogP contribution in [0.5, 0.6) is 0 Å². The fraction of sp³-hybridized carbons (Fsp3) is 0.526. The van der Waals surface area contributed by atoms with Crippen LogP contribution in [-0.4, -0.2) is 47.7 Å². The summed E-state index contributed by atoms with van der Waals surface area (Å²) in [6.07, 6.45) is -4.28. The third-order valence-electron chi connectivity index (χ3n) is 4.86. The number of alkyl halides is 3. The minimum Gasteiger partial charge on any atom is -0.360 e. The summed E-state index contributed by atoms with van der Waals surface area (Å²) in [6, 6.07) is 7.48. The molecule has 142 valence electrons. The first-order valence-corrected chi connectivity index (χ1v) is 8.85. The first-order valence-electron chi connectivity index (χ1n) is 8.85. The minimum absolute atomic E-state index is 0.195. The fourth-order valence-corrected chi connectivity index (χ4v) is 3.33.